The van der Waals surface area contributed by atoms with Gasteiger partial charge in [-0.2, -0.15) is 0 Å². The largest absolute Gasteiger partial charge is 0.497 e. The Morgan fingerprint density at radius 3 is 2.53 bits per heavy atom. The third-order valence-electron chi connectivity index (χ3n) is 5.29. The molecule has 0 saturated carbocycles. The van der Waals surface area contributed by atoms with Crippen molar-refractivity contribution in [2.45, 2.75) is 32.0 Å². The third-order valence-corrected chi connectivity index (χ3v) is 5.29. The van der Waals surface area contributed by atoms with Crippen molar-refractivity contribution in [2.24, 2.45) is 4.99 Å². The van der Waals surface area contributed by atoms with Gasteiger partial charge in [0, 0.05) is 50.7 Å². The first kappa shape index (κ1) is 26.1. The molecule has 0 radical (unpaired) electrons. The molecule has 176 valence electrons. The summed E-state index contributed by atoms with van der Waals surface area (Å²) in [5.74, 6) is 2.33. The molecule has 0 aliphatic carbocycles. The second kappa shape index (κ2) is 13.4. The number of pyridine rings is 1. The molecule has 1 aromatic heterocycles. The molecule has 0 amide bonds. The summed E-state index contributed by atoms with van der Waals surface area (Å²) in [6, 6.07) is 9.90. The van der Waals surface area contributed by atoms with Crippen LogP contribution in [0.3, 0.4) is 0 Å². The quantitative estimate of drug-likeness (QED) is 0.249. The standard InChI is InChI=1S/C23H33N5O3.HI/c1-4-25-23(26-14-22(29)18-5-8-24-9-6-18)27-19-7-10-28(16-19)15-17-11-20(30-2)13-21(12-17)31-3;/h5-6,8-9,11-13,19,22,29H,4,7,10,14-16H2,1-3H3,(H2,25,26,27);1H. The van der Waals surface area contributed by atoms with E-state index in [-0.39, 0.29) is 24.0 Å². The summed E-state index contributed by atoms with van der Waals surface area (Å²) >= 11 is 0. The number of ether oxygens (including phenoxy) is 2. The molecule has 3 N–H and O–H groups in total. The molecule has 2 atom stereocenters. The van der Waals surface area contributed by atoms with Gasteiger partial charge in [0.15, 0.2) is 5.96 Å². The normalized spacial score (nSPS) is 17.4. The number of halogens is 1. The van der Waals surface area contributed by atoms with Crippen LogP contribution in [-0.4, -0.2) is 67.4 Å². The number of rotatable bonds is 9. The van der Waals surface area contributed by atoms with Crippen LogP contribution in [0.25, 0.3) is 0 Å². The smallest absolute Gasteiger partial charge is 0.191 e. The van der Waals surface area contributed by atoms with Gasteiger partial charge in [-0.25, -0.2) is 0 Å². The monoisotopic (exact) mass is 555 g/mol. The molecule has 3 rings (SSSR count). The lowest BCUT2D eigenvalue weighted by atomic mass is 10.1. The number of aliphatic hydroxyl groups excluding tert-OH is 1. The lowest BCUT2D eigenvalue weighted by Gasteiger charge is -2.20. The van der Waals surface area contributed by atoms with Crippen LogP contribution in [0.15, 0.2) is 47.7 Å². The van der Waals surface area contributed by atoms with Crippen molar-refractivity contribution in [3.63, 3.8) is 0 Å². The minimum atomic E-state index is -0.651. The number of aliphatic imine (C=N–C) groups is 1. The van der Waals surface area contributed by atoms with Crippen molar-refractivity contribution < 1.29 is 14.6 Å². The van der Waals surface area contributed by atoms with E-state index in [1.807, 2.05) is 25.1 Å². The maximum atomic E-state index is 10.4. The maximum absolute atomic E-state index is 10.4. The third kappa shape index (κ3) is 7.79. The van der Waals surface area contributed by atoms with Gasteiger partial charge in [-0.3, -0.25) is 14.9 Å². The Labute approximate surface area is 207 Å². The van der Waals surface area contributed by atoms with E-state index in [1.54, 1.807) is 26.6 Å². The van der Waals surface area contributed by atoms with Gasteiger partial charge in [-0.15, -0.1) is 24.0 Å². The number of methoxy groups -OCH3 is 2. The van der Waals surface area contributed by atoms with Gasteiger partial charge >= 0.3 is 0 Å². The van der Waals surface area contributed by atoms with Gasteiger partial charge in [0.1, 0.15) is 11.5 Å². The summed E-state index contributed by atoms with van der Waals surface area (Å²) in [7, 11) is 3.34. The topological polar surface area (TPSA) is 91.2 Å². The van der Waals surface area contributed by atoms with Crippen LogP contribution in [0.5, 0.6) is 11.5 Å². The van der Waals surface area contributed by atoms with E-state index in [0.29, 0.717) is 12.6 Å². The van der Waals surface area contributed by atoms with E-state index >= 15 is 0 Å². The number of aromatic nitrogens is 1. The molecule has 1 fully saturated rings. The molecule has 1 aromatic carbocycles. The highest BCUT2D eigenvalue weighted by molar-refractivity contribution is 14.0. The molecule has 0 bridgehead atoms. The zero-order valence-electron chi connectivity index (χ0n) is 19.0. The van der Waals surface area contributed by atoms with Gasteiger partial charge in [-0.1, -0.05) is 0 Å². The highest BCUT2D eigenvalue weighted by Crippen LogP contribution is 2.24. The Kier molecular flexibility index (Phi) is 11.0. The molecule has 8 nitrogen and oxygen atoms in total. The Morgan fingerprint density at radius 1 is 1.22 bits per heavy atom. The molecule has 9 heteroatoms. The van der Waals surface area contributed by atoms with Gasteiger partial charge < -0.3 is 25.2 Å². The minimum Gasteiger partial charge on any atom is -0.497 e. The number of hydrogen-bond donors (Lipinski definition) is 3. The Bertz CT molecular complexity index is 831. The summed E-state index contributed by atoms with van der Waals surface area (Å²) in [6.07, 6.45) is 3.73. The van der Waals surface area contributed by atoms with Crippen LogP contribution in [0.1, 0.15) is 30.6 Å². The minimum absolute atomic E-state index is 0. The van der Waals surface area contributed by atoms with E-state index in [0.717, 1.165) is 61.2 Å². The average Bonchev–Trinajstić information content (AvgIpc) is 3.24. The van der Waals surface area contributed by atoms with Crippen molar-refractivity contribution in [3.05, 3.63) is 53.9 Å². The first-order chi connectivity index (χ1) is 15.1. The van der Waals surface area contributed by atoms with Gasteiger partial charge in [0.05, 0.1) is 26.9 Å². The van der Waals surface area contributed by atoms with Crippen LogP contribution in [-0.2, 0) is 6.54 Å². The lowest BCUT2D eigenvalue weighted by molar-refractivity contribution is 0.187. The fourth-order valence-corrected chi connectivity index (χ4v) is 3.69. The maximum Gasteiger partial charge on any atom is 0.191 e. The van der Waals surface area contributed by atoms with Crippen LogP contribution in [0, 0.1) is 0 Å². The molecular weight excluding hydrogens is 521 g/mol. The van der Waals surface area contributed by atoms with E-state index in [2.05, 4.69) is 37.6 Å². The molecule has 0 spiro atoms. The van der Waals surface area contributed by atoms with E-state index in [1.165, 1.54) is 0 Å². The van der Waals surface area contributed by atoms with Crippen LogP contribution in [0.4, 0.5) is 0 Å². The predicted molar refractivity (Wildman–Crippen MR) is 137 cm³/mol. The first-order valence-corrected chi connectivity index (χ1v) is 10.7. The number of aliphatic hydroxyl groups is 1. The Balaban J connectivity index is 0.00000363. The predicted octanol–water partition coefficient (Wildman–Crippen LogP) is 2.58. The summed E-state index contributed by atoms with van der Waals surface area (Å²) in [5, 5.41) is 17.2. The van der Waals surface area contributed by atoms with Crippen molar-refractivity contribution in [2.75, 3.05) is 40.4 Å². The number of nitrogens with one attached hydrogen (secondary N) is 2. The highest BCUT2D eigenvalue weighted by Gasteiger charge is 2.23. The summed E-state index contributed by atoms with van der Waals surface area (Å²) in [6.45, 7) is 5.83. The molecular formula is C23H34IN5O3. The van der Waals surface area contributed by atoms with E-state index in [4.69, 9.17) is 9.47 Å². The zero-order valence-corrected chi connectivity index (χ0v) is 21.3. The molecule has 1 aliphatic heterocycles. The SMILES string of the molecule is CCNC(=NCC(O)c1ccncc1)NC1CCN(Cc2cc(OC)cc(OC)c2)C1.I. The van der Waals surface area contributed by atoms with Crippen molar-refractivity contribution in [1.29, 1.82) is 0 Å². The number of benzene rings is 1. The van der Waals surface area contributed by atoms with Gasteiger partial charge in [-0.05, 0) is 48.7 Å². The number of hydrogen-bond acceptors (Lipinski definition) is 6. The Hall–Kier alpha value is -2.11. The second-order valence-corrected chi connectivity index (χ2v) is 7.60. The fraction of sp³-hybridized carbons (Fsp3) is 0.478. The van der Waals surface area contributed by atoms with Gasteiger partial charge in [0.2, 0.25) is 0 Å². The van der Waals surface area contributed by atoms with Crippen molar-refractivity contribution in [1.82, 2.24) is 20.5 Å². The molecule has 2 unspecified atom stereocenters. The average molecular weight is 555 g/mol. The molecule has 32 heavy (non-hydrogen) atoms. The molecule has 1 aliphatic rings. The second-order valence-electron chi connectivity index (χ2n) is 7.60. The molecule has 2 heterocycles. The number of likely N-dealkylation sites (tertiary alicyclic amines) is 1. The zero-order chi connectivity index (χ0) is 22.1. The summed E-state index contributed by atoms with van der Waals surface area (Å²) in [5.41, 5.74) is 1.98. The van der Waals surface area contributed by atoms with Crippen LogP contribution < -0.4 is 20.1 Å². The number of nitrogens with zero attached hydrogens (tertiary/aromatic N) is 3. The fourth-order valence-electron chi connectivity index (χ4n) is 3.69. The highest BCUT2D eigenvalue weighted by atomic mass is 127. The molecule has 1 saturated heterocycles. The summed E-state index contributed by atoms with van der Waals surface area (Å²) in [4.78, 5) is 11.0. The van der Waals surface area contributed by atoms with Crippen molar-refractivity contribution in [3.8, 4) is 11.5 Å². The van der Waals surface area contributed by atoms with E-state index < -0.39 is 6.10 Å². The van der Waals surface area contributed by atoms with E-state index in [9.17, 15) is 5.11 Å². The molecule has 2 aromatic rings. The van der Waals surface area contributed by atoms with Crippen molar-refractivity contribution >= 4 is 29.9 Å². The van der Waals surface area contributed by atoms with Crippen LogP contribution >= 0.6 is 24.0 Å². The van der Waals surface area contributed by atoms with Crippen LogP contribution in [0.2, 0.25) is 0 Å². The Morgan fingerprint density at radius 2 is 1.91 bits per heavy atom. The summed E-state index contributed by atoms with van der Waals surface area (Å²) < 4.78 is 10.8. The number of guanidine groups is 1. The van der Waals surface area contributed by atoms with Gasteiger partial charge in [0.25, 0.3) is 0 Å². The first-order valence-electron chi connectivity index (χ1n) is 10.7. The lowest BCUT2D eigenvalue weighted by Crippen LogP contribution is -2.44.